The van der Waals surface area contributed by atoms with Crippen LogP contribution >= 0.6 is 11.8 Å². The van der Waals surface area contributed by atoms with Crippen molar-refractivity contribution in [1.29, 1.82) is 0 Å². The first-order valence-electron chi connectivity index (χ1n) is 7.40. The van der Waals surface area contributed by atoms with Crippen LogP contribution in [0.4, 0.5) is 8.78 Å². The highest BCUT2D eigenvalue weighted by molar-refractivity contribution is 7.99. The van der Waals surface area contributed by atoms with Crippen molar-refractivity contribution in [1.82, 2.24) is 9.88 Å². The second-order valence-corrected chi connectivity index (χ2v) is 6.47. The second-order valence-electron chi connectivity index (χ2n) is 5.41. The van der Waals surface area contributed by atoms with E-state index in [0.29, 0.717) is 28.8 Å². The molecule has 1 amide bonds. The molecule has 1 aromatic heterocycles. The van der Waals surface area contributed by atoms with Crippen molar-refractivity contribution in [3.63, 3.8) is 0 Å². The van der Waals surface area contributed by atoms with Crippen molar-refractivity contribution < 1.29 is 13.6 Å². The Morgan fingerprint density at radius 3 is 2.62 bits per heavy atom. The normalized spacial score (nSPS) is 11.2. The molecule has 0 atom stereocenters. The van der Waals surface area contributed by atoms with E-state index in [9.17, 15) is 13.6 Å². The number of hydrogen-bond acceptors (Lipinski definition) is 2. The molecule has 0 spiro atoms. The fourth-order valence-corrected chi connectivity index (χ4v) is 3.01. The van der Waals surface area contributed by atoms with Crippen LogP contribution in [0.5, 0.6) is 0 Å². The predicted octanol–water partition coefficient (Wildman–Crippen LogP) is 4.42. The van der Waals surface area contributed by atoms with Gasteiger partial charge in [0.25, 0.3) is 11.7 Å². The zero-order chi connectivity index (χ0) is 17.1. The topological polar surface area (TPSA) is 34.0 Å². The van der Waals surface area contributed by atoms with Crippen molar-refractivity contribution in [3.8, 4) is 0 Å². The molecule has 0 aliphatic rings. The number of nitrogens with zero attached hydrogens (tertiary/aromatic N) is 1. The number of thioether (sulfide) groups is 1. The van der Waals surface area contributed by atoms with Gasteiger partial charge in [0.2, 0.25) is 0 Å². The maximum atomic E-state index is 12.3. The summed E-state index contributed by atoms with van der Waals surface area (Å²) in [4.78, 5) is 12.6. The summed E-state index contributed by atoms with van der Waals surface area (Å²) in [6, 6.07) is 14.2. The van der Waals surface area contributed by atoms with Crippen molar-refractivity contribution in [2.45, 2.75) is 17.2 Å². The minimum absolute atomic E-state index is 0.225. The van der Waals surface area contributed by atoms with Crippen molar-refractivity contribution in [3.05, 3.63) is 65.9 Å². The quantitative estimate of drug-likeness (QED) is 0.694. The van der Waals surface area contributed by atoms with Crippen LogP contribution in [0.25, 0.3) is 10.9 Å². The van der Waals surface area contributed by atoms with Crippen LogP contribution < -0.4 is 5.32 Å². The molecule has 6 heteroatoms. The lowest BCUT2D eigenvalue weighted by Gasteiger charge is -2.07. The summed E-state index contributed by atoms with van der Waals surface area (Å²) >= 11 is 0.465. The van der Waals surface area contributed by atoms with Crippen LogP contribution in [0.2, 0.25) is 0 Å². The molecule has 0 saturated carbocycles. The largest absolute Gasteiger partial charge is 0.351 e. The molecule has 3 rings (SSSR count). The van der Waals surface area contributed by atoms with Gasteiger partial charge in [-0.05, 0) is 53.4 Å². The van der Waals surface area contributed by atoms with E-state index in [4.69, 9.17) is 0 Å². The lowest BCUT2D eigenvalue weighted by molar-refractivity contribution is 0.0951. The average molecular weight is 346 g/mol. The number of carbonyl (C=O) groups is 1. The molecule has 1 heterocycles. The summed E-state index contributed by atoms with van der Waals surface area (Å²) in [6.45, 7) is 0.414. The number of nitrogens with one attached hydrogen (secondary N) is 1. The van der Waals surface area contributed by atoms with Gasteiger partial charge in [0.15, 0.2) is 0 Å². The fourth-order valence-electron chi connectivity index (χ4n) is 2.51. The number of hydrogen-bond donors (Lipinski definition) is 1. The van der Waals surface area contributed by atoms with E-state index in [1.165, 1.54) is 12.1 Å². The highest BCUT2D eigenvalue weighted by Crippen LogP contribution is 2.25. The van der Waals surface area contributed by atoms with Gasteiger partial charge in [-0.25, -0.2) is 0 Å². The molecule has 124 valence electrons. The van der Waals surface area contributed by atoms with Gasteiger partial charge in [0, 0.05) is 35.8 Å². The van der Waals surface area contributed by atoms with E-state index < -0.39 is 5.76 Å². The Morgan fingerprint density at radius 2 is 1.92 bits per heavy atom. The molecule has 24 heavy (non-hydrogen) atoms. The van der Waals surface area contributed by atoms with Crippen LogP contribution in [0.3, 0.4) is 0 Å². The molecule has 0 fully saturated rings. The third-order valence-electron chi connectivity index (χ3n) is 3.74. The van der Waals surface area contributed by atoms with Gasteiger partial charge in [-0.1, -0.05) is 17.8 Å². The van der Waals surface area contributed by atoms with Gasteiger partial charge >= 0.3 is 0 Å². The highest BCUT2D eigenvalue weighted by atomic mass is 32.2. The van der Waals surface area contributed by atoms with Crippen molar-refractivity contribution in [2.75, 3.05) is 0 Å². The summed E-state index contributed by atoms with van der Waals surface area (Å²) < 4.78 is 26.6. The number of amides is 1. The van der Waals surface area contributed by atoms with Gasteiger partial charge in [0.1, 0.15) is 0 Å². The molecule has 0 unspecified atom stereocenters. The zero-order valence-corrected chi connectivity index (χ0v) is 13.8. The number of fused-ring (bicyclic) bond motifs is 1. The maximum absolute atomic E-state index is 12.3. The van der Waals surface area contributed by atoms with Crippen LogP contribution in [-0.4, -0.2) is 16.2 Å². The van der Waals surface area contributed by atoms with Gasteiger partial charge in [-0.15, -0.1) is 0 Å². The SMILES string of the molecule is Cn1ccc2cc(CNC(=O)c3ccc(SC(F)F)cc3)ccc21. The number of benzene rings is 2. The Balaban J connectivity index is 1.63. The number of carbonyl (C=O) groups excluding carboxylic acids is 1. The minimum atomic E-state index is -2.46. The molecule has 2 aromatic carbocycles. The lowest BCUT2D eigenvalue weighted by Crippen LogP contribution is -2.22. The van der Waals surface area contributed by atoms with Crippen LogP contribution in [0, 0.1) is 0 Å². The van der Waals surface area contributed by atoms with Crippen molar-refractivity contribution in [2.24, 2.45) is 7.05 Å². The first-order chi connectivity index (χ1) is 11.5. The molecule has 3 aromatic rings. The monoisotopic (exact) mass is 346 g/mol. The Bertz CT molecular complexity index is 859. The molecular weight excluding hydrogens is 330 g/mol. The predicted molar refractivity (Wildman–Crippen MR) is 92.4 cm³/mol. The number of rotatable bonds is 5. The smallest absolute Gasteiger partial charge is 0.288 e. The Labute approximate surface area is 142 Å². The Hall–Kier alpha value is -2.34. The van der Waals surface area contributed by atoms with Crippen LogP contribution in [-0.2, 0) is 13.6 Å². The van der Waals surface area contributed by atoms with E-state index in [2.05, 4.69) is 5.32 Å². The van der Waals surface area contributed by atoms with E-state index in [0.717, 1.165) is 16.5 Å². The lowest BCUT2D eigenvalue weighted by atomic mass is 10.1. The maximum Gasteiger partial charge on any atom is 0.288 e. The van der Waals surface area contributed by atoms with Crippen LogP contribution in [0.1, 0.15) is 15.9 Å². The van der Waals surface area contributed by atoms with E-state index in [-0.39, 0.29) is 5.91 Å². The second kappa shape index (κ2) is 7.05. The Kier molecular flexibility index (Phi) is 4.85. The van der Waals surface area contributed by atoms with E-state index >= 15 is 0 Å². The van der Waals surface area contributed by atoms with Gasteiger partial charge in [-0.2, -0.15) is 8.78 Å². The number of alkyl halides is 2. The first-order valence-corrected chi connectivity index (χ1v) is 8.28. The van der Waals surface area contributed by atoms with E-state index in [1.54, 1.807) is 12.1 Å². The van der Waals surface area contributed by atoms with Crippen LogP contribution in [0.15, 0.2) is 59.6 Å². The third-order valence-corrected chi connectivity index (χ3v) is 4.47. The molecule has 0 aliphatic carbocycles. The summed E-state index contributed by atoms with van der Waals surface area (Å²) in [7, 11) is 1.99. The summed E-state index contributed by atoms with van der Waals surface area (Å²) in [5.41, 5.74) is 2.60. The molecule has 3 nitrogen and oxygen atoms in total. The van der Waals surface area contributed by atoms with Gasteiger partial charge < -0.3 is 9.88 Å². The van der Waals surface area contributed by atoms with Crippen molar-refractivity contribution >= 4 is 28.6 Å². The summed E-state index contributed by atoms with van der Waals surface area (Å²) in [5, 5.41) is 3.97. The standard InChI is InChI=1S/C18H16F2N2OS/c1-22-9-8-14-10-12(2-7-16(14)22)11-21-17(23)13-3-5-15(6-4-13)24-18(19)20/h2-10,18H,11H2,1H3,(H,21,23). The van der Waals surface area contributed by atoms with E-state index in [1.807, 2.05) is 42.1 Å². The molecular formula is C18H16F2N2OS. The zero-order valence-electron chi connectivity index (χ0n) is 13.0. The number of halogens is 2. The highest BCUT2D eigenvalue weighted by Gasteiger charge is 2.08. The summed E-state index contributed by atoms with van der Waals surface area (Å²) in [6.07, 6.45) is 1.99. The van der Waals surface area contributed by atoms with Gasteiger partial charge in [-0.3, -0.25) is 4.79 Å². The van der Waals surface area contributed by atoms with Gasteiger partial charge in [0.05, 0.1) is 0 Å². The molecule has 1 N–H and O–H groups in total. The minimum Gasteiger partial charge on any atom is -0.351 e. The summed E-state index contributed by atoms with van der Waals surface area (Å²) in [5.74, 6) is -2.69. The third kappa shape index (κ3) is 3.76. The number of aryl methyl sites for hydroxylation is 1. The molecule has 0 bridgehead atoms. The molecule has 0 saturated heterocycles. The molecule has 0 aliphatic heterocycles. The number of aromatic nitrogens is 1. The average Bonchev–Trinajstić information content (AvgIpc) is 2.93. The fraction of sp³-hybridized carbons (Fsp3) is 0.167. The molecule has 0 radical (unpaired) electrons. The first kappa shape index (κ1) is 16.5. The Morgan fingerprint density at radius 1 is 1.17 bits per heavy atom.